The standard InChI is InChI=1S/C15H22ClNOS/c1-12-5-7-15(11-18,8-6-12)10-17(2)9-13-3-4-14(16)19-13/h3-4,11-12H,5-10H2,1-2H3. The van der Waals surface area contributed by atoms with Crippen LogP contribution in [0.5, 0.6) is 0 Å². The number of hydrogen-bond donors (Lipinski definition) is 0. The molecule has 0 N–H and O–H groups in total. The van der Waals surface area contributed by atoms with E-state index >= 15 is 0 Å². The number of aldehydes is 1. The van der Waals surface area contributed by atoms with Gasteiger partial charge in [0, 0.05) is 23.4 Å². The van der Waals surface area contributed by atoms with Gasteiger partial charge < -0.3 is 9.69 Å². The summed E-state index contributed by atoms with van der Waals surface area (Å²) in [6.45, 7) is 4.02. The van der Waals surface area contributed by atoms with Crippen molar-refractivity contribution in [2.45, 2.75) is 39.2 Å². The van der Waals surface area contributed by atoms with Gasteiger partial charge in [-0.1, -0.05) is 18.5 Å². The van der Waals surface area contributed by atoms with Crippen LogP contribution in [0, 0.1) is 11.3 Å². The molecule has 1 aliphatic carbocycles. The molecular formula is C15H22ClNOS. The van der Waals surface area contributed by atoms with Crippen LogP contribution in [0.2, 0.25) is 4.34 Å². The van der Waals surface area contributed by atoms with Gasteiger partial charge in [0.1, 0.15) is 6.29 Å². The Bertz CT molecular complexity index is 424. The average Bonchev–Trinajstić information content (AvgIpc) is 2.78. The normalized spacial score (nSPS) is 27.7. The lowest BCUT2D eigenvalue weighted by Crippen LogP contribution is -2.39. The molecule has 2 nitrogen and oxygen atoms in total. The molecule has 1 saturated carbocycles. The molecule has 0 spiro atoms. The summed E-state index contributed by atoms with van der Waals surface area (Å²) in [6.07, 6.45) is 5.63. The molecule has 0 radical (unpaired) electrons. The maximum atomic E-state index is 11.5. The third-order valence-corrected chi connectivity index (χ3v) is 5.38. The molecule has 4 heteroatoms. The van der Waals surface area contributed by atoms with Crippen LogP contribution < -0.4 is 0 Å². The minimum Gasteiger partial charge on any atom is -0.303 e. The summed E-state index contributed by atoms with van der Waals surface area (Å²) in [6, 6.07) is 4.01. The minimum atomic E-state index is -0.123. The Hall–Kier alpha value is -0.380. The zero-order valence-corrected chi connectivity index (χ0v) is 13.3. The van der Waals surface area contributed by atoms with E-state index in [4.69, 9.17) is 11.6 Å². The molecule has 0 saturated heterocycles. The van der Waals surface area contributed by atoms with E-state index in [0.717, 1.165) is 36.2 Å². The van der Waals surface area contributed by atoms with Crippen molar-refractivity contribution >= 4 is 29.2 Å². The number of rotatable bonds is 5. The zero-order chi connectivity index (χ0) is 13.9. The first kappa shape index (κ1) is 15.0. The lowest BCUT2D eigenvalue weighted by atomic mass is 9.71. The molecule has 0 atom stereocenters. The Kier molecular flexibility index (Phi) is 5.04. The second-order valence-corrected chi connectivity index (χ2v) is 7.84. The second-order valence-electron chi connectivity index (χ2n) is 6.04. The van der Waals surface area contributed by atoms with Crippen molar-refractivity contribution in [1.82, 2.24) is 4.90 Å². The van der Waals surface area contributed by atoms with Gasteiger partial charge in [-0.25, -0.2) is 0 Å². The van der Waals surface area contributed by atoms with Crippen molar-refractivity contribution in [3.63, 3.8) is 0 Å². The van der Waals surface area contributed by atoms with Gasteiger partial charge in [0.05, 0.1) is 4.34 Å². The smallest absolute Gasteiger partial charge is 0.127 e. The molecule has 1 heterocycles. The van der Waals surface area contributed by atoms with Crippen molar-refractivity contribution < 1.29 is 4.79 Å². The van der Waals surface area contributed by atoms with E-state index in [9.17, 15) is 4.79 Å². The van der Waals surface area contributed by atoms with Gasteiger partial charge in [-0.15, -0.1) is 11.3 Å². The number of hydrogen-bond acceptors (Lipinski definition) is 3. The van der Waals surface area contributed by atoms with E-state index < -0.39 is 0 Å². The van der Waals surface area contributed by atoms with Gasteiger partial charge >= 0.3 is 0 Å². The minimum absolute atomic E-state index is 0.123. The highest BCUT2D eigenvalue weighted by molar-refractivity contribution is 7.16. The van der Waals surface area contributed by atoms with Crippen LogP contribution in [0.4, 0.5) is 0 Å². The first-order chi connectivity index (χ1) is 9.03. The van der Waals surface area contributed by atoms with Crippen molar-refractivity contribution in [3.8, 4) is 0 Å². The van der Waals surface area contributed by atoms with Crippen LogP contribution in [-0.2, 0) is 11.3 Å². The SMILES string of the molecule is CC1CCC(C=O)(CN(C)Cc2ccc(Cl)s2)CC1. The van der Waals surface area contributed by atoms with Crippen LogP contribution in [0.25, 0.3) is 0 Å². The summed E-state index contributed by atoms with van der Waals surface area (Å²) in [5.74, 6) is 0.773. The third-order valence-electron chi connectivity index (χ3n) is 4.16. The second kappa shape index (κ2) is 6.38. The fourth-order valence-corrected chi connectivity index (χ4v) is 4.11. The predicted octanol–water partition coefficient (Wildman–Crippen LogP) is 4.23. The monoisotopic (exact) mass is 299 g/mol. The Balaban J connectivity index is 1.92. The molecule has 19 heavy (non-hydrogen) atoms. The maximum Gasteiger partial charge on any atom is 0.127 e. The van der Waals surface area contributed by atoms with Crippen LogP contribution in [-0.4, -0.2) is 24.8 Å². The van der Waals surface area contributed by atoms with Crippen LogP contribution in [0.1, 0.15) is 37.5 Å². The van der Waals surface area contributed by atoms with Gasteiger partial charge in [-0.05, 0) is 50.8 Å². The highest BCUT2D eigenvalue weighted by Crippen LogP contribution is 2.38. The first-order valence-corrected chi connectivity index (χ1v) is 8.11. The number of thiophene rings is 1. The van der Waals surface area contributed by atoms with E-state index in [1.807, 2.05) is 6.07 Å². The molecule has 0 aromatic carbocycles. The zero-order valence-electron chi connectivity index (χ0n) is 11.7. The number of carbonyl (C=O) groups is 1. The van der Waals surface area contributed by atoms with Crippen molar-refractivity contribution in [1.29, 1.82) is 0 Å². The van der Waals surface area contributed by atoms with Crippen molar-refractivity contribution in [3.05, 3.63) is 21.3 Å². The molecule has 106 valence electrons. The van der Waals surface area contributed by atoms with Crippen LogP contribution in [0.15, 0.2) is 12.1 Å². The van der Waals surface area contributed by atoms with E-state index in [-0.39, 0.29) is 5.41 Å². The molecule has 0 unspecified atom stereocenters. The van der Waals surface area contributed by atoms with Gasteiger partial charge in [0.15, 0.2) is 0 Å². The lowest BCUT2D eigenvalue weighted by molar-refractivity contribution is -0.119. The number of halogens is 1. The quantitative estimate of drug-likeness (QED) is 0.758. The molecular weight excluding hydrogens is 278 g/mol. The van der Waals surface area contributed by atoms with Crippen molar-refractivity contribution in [2.75, 3.05) is 13.6 Å². The summed E-state index contributed by atoms with van der Waals surface area (Å²) < 4.78 is 0.833. The number of nitrogens with zero attached hydrogens (tertiary/aromatic N) is 1. The summed E-state index contributed by atoms with van der Waals surface area (Å²) in [7, 11) is 2.09. The van der Waals surface area contributed by atoms with Crippen LogP contribution in [0.3, 0.4) is 0 Å². The highest BCUT2D eigenvalue weighted by Gasteiger charge is 2.34. The fourth-order valence-electron chi connectivity index (χ4n) is 2.95. The van der Waals surface area contributed by atoms with Gasteiger partial charge in [0.25, 0.3) is 0 Å². The Morgan fingerprint density at radius 2 is 2.16 bits per heavy atom. The molecule has 0 aliphatic heterocycles. The van der Waals surface area contributed by atoms with Gasteiger partial charge in [0.2, 0.25) is 0 Å². The first-order valence-electron chi connectivity index (χ1n) is 6.92. The van der Waals surface area contributed by atoms with E-state index in [1.165, 1.54) is 24.0 Å². The van der Waals surface area contributed by atoms with Gasteiger partial charge in [-0.2, -0.15) is 0 Å². The topological polar surface area (TPSA) is 20.3 Å². The van der Waals surface area contributed by atoms with Crippen LogP contribution >= 0.6 is 22.9 Å². The Morgan fingerprint density at radius 3 is 2.68 bits per heavy atom. The fraction of sp³-hybridized carbons (Fsp3) is 0.667. The Morgan fingerprint density at radius 1 is 1.47 bits per heavy atom. The Labute approximate surface area is 124 Å². The number of carbonyl (C=O) groups excluding carboxylic acids is 1. The maximum absolute atomic E-state index is 11.5. The summed E-state index contributed by atoms with van der Waals surface area (Å²) in [5.41, 5.74) is -0.123. The lowest BCUT2D eigenvalue weighted by Gasteiger charge is -2.37. The molecule has 1 aromatic heterocycles. The summed E-state index contributed by atoms with van der Waals surface area (Å²) in [5, 5.41) is 0. The molecule has 2 rings (SSSR count). The van der Waals surface area contributed by atoms with Gasteiger partial charge in [-0.3, -0.25) is 0 Å². The largest absolute Gasteiger partial charge is 0.303 e. The average molecular weight is 300 g/mol. The summed E-state index contributed by atoms with van der Waals surface area (Å²) in [4.78, 5) is 15.1. The summed E-state index contributed by atoms with van der Waals surface area (Å²) >= 11 is 7.57. The van der Waals surface area contributed by atoms with Crippen molar-refractivity contribution in [2.24, 2.45) is 11.3 Å². The van der Waals surface area contributed by atoms with E-state index in [2.05, 4.69) is 24.9 Å². The third kappa shape index (κ3) is 4.04. The predicted molar refractivity (Wildman–Crippen MR) is 81.8 cm³/mol. The highest BCUT2D eigenvalue weighted by atomic mass is 35.5. The molecule has 0 amide bonds. The molecule has 1 aromatic rings. The van der Waals surface area contributed by atoms with E-state index in [0.29, 0.717) is 0 Å². The van der Waals surface area contributed by atoms with E-state index in [1.54, 1.807) is 11.3 Å². The molecule has 1 aliphatic rings. The molecule has 1 fully saturated rings. The molecule has 0 bridgehead atoms.